The number of hydrogen-bond acceptors (Lipinski definition) is 4. The molecule has 0 unspecified atom stereocenters. The number of urea groups is 1. The van der Waals surface area contributed by atoms with E-state index in [1.54, 1.807) is 37.7 Å². The van der Waals surface area contributed by atoms with Crippen LogP contribution in [0.4, 0.5) is 10.5 Å². The first-order valence-corrected chi connectivity index (χ1v) is 10.3. The number of carbonyl (C=O) groups is 1. The van der Waals surface area contributed by atoms with E-state index < -0.39 is 0 Å². The van der Waals surface area contributed by atoms with Gasteiger partial charge in [-0.3, -0.25) is 0 Å². The Hall–Kier alpha value is -1.92. The van der Waals surface area contributed by atoms with Gasteiger partial charge < -0.3 is 19.7 Å². The van der Waals surface area contributed by atoms with Crippen LogP contribution >= 0.6 is 22.9 Å². The molecule has 0 radical (unpaired) electrons. The number of anilines is 1. The van der Waals surface area contributed by atoms with Crippen LogP contribution in [0.2, 0.25) is 5.02 Å². The first kappa shape index (κ1) is 19.8. The molecule has 7 heteroatoms. The lowest BCUT2D eigenvalue weighted by Crippen LogP contribution is -2.37. The van der Waals surface area contributed by atoms with Crippen molar-refractivity contribution in [2.24, 2.45) is 0 Å². The normalized spacial score (nSPS) is 17.3. The molecule has 2 amide bonds. The Balaban J connectivity index is 1.85. The van der Waals surface area contributed by atoms with Crippen molar-refractivity contribution in [2.75, 3.05) is 26.1 Å². The Kier molecular flexibility index (Phi) is 6.50. The highest BCUT2D eigenvalue weighted by molar-refractivity contribution is 7.12. The van der Waals surface area contributed by atoms with E-state index in [1.807, 2.05) is 4.90 Å². The standard InChI is InChI=1S/C20H25ClN2O3S/c1-13-8-9-19(27-13)16-7-5-4-6-10-23(16)20(24)22-15-11-14(21)17(25-2)12-18(15)26-3/h8-9,11-12,16H,4-7,10H2,1-3H3,(H,22,24)/t16-/m0/s1. The summed E-state index contributed by atoms with van der Waals surface area (Å²) in [6, 6.07) is 7.58. The van der Waals surface area contributed by atoms with E-state index in [9.17, 15) is 4.79 Å². The molecule has 1 N–H and O–H groups in total. The minimum Gasteiger partial charge on any atom is -0.495 e. The van der Waals surface area contributed by atoms with Gasteiger partial charge in [0.25, 0.3) is 0 Å². The van der Waals surface area contributed by atoms with Gasteiger partial charge in [0.1, 0.15) is 11.5 Å². The molecule has 146 valence electrons. The molecular weight excluding hydrogens is 384 g/mol. The molecule has 1 aliphatic rings. The third-order valence-electron chi connectivity index (χ3n) is 4.82. The number of thiophene rings is 1. The number of amides is 2. The van der Waals surface area contributed by atoms with Gasteiger partial charge in [-0.15, -0.1) is 11.3 Å². The fourth-order valence-corrected chi connectivity index (χ4v) is 4.69. The van der Waals surface area contributed by atoms with Crippen molar-refractivity contribution in [3.05, 3.63) is 39.0 Å². The molecule has 0 aliphatic carbocycles. The van der Waals surface area contributed by atoms with Gasteiger partial charge in [0.2, 0.25) is 0 Å². The van der Waals surface area contributed by atoms with Gasteiger partial charge in [-0.1, -0.05) is 24.4 Å². The molecular formula is C20H25ClN2O3S. The number of benzene rings is 1. The van der Waals surface area contributed by atoms with E-state index in [1.165, 1.54) is 9.75 Å². The van der Waals surface area contributed by atoms with Crippen molar-refractivity contribution in [2.45, 2.75) is 38.6 Å². The Morgan fingerprint density at radius 2 is 1.96 bits per heavy atom. The van der Waals surface area contributed by atoms with Crippen LogP contribution in [-0.4, -0.2) is 31.7 Å². The van der Waals surface area contributed by atoms with Gasteiger partial charge in [0.05, 0.1) is 31.0 Å². The van der Waals surface area contributed by atoms with E-state index in [0.29, 0.717) is 22.2 Å². The van der Waals surface area contributed by atoms with Crippen molar-refractivity contribution >= 4 is 34.7 Å². The molecule has 0 bridgehead atoms. The molecule has 27 heavy (non-hydrogen) atoms. The molecule has 2 aromatic rings. The van der Waals surface area contributed by atoms with Gasteiger partial charge in [0.15, 0.2) is 0 Å². The quantitative estimate of drug-likeness (QED) is 0.687. The molecule has 5 nitrogen and oxygen atoms in total. The average Bonchev–Trinajstić information content (AvgIpc) is 2.93. The van der Waals surface area contributed by atoms with Crippen LogP contribution in [0.15, 0.2) is 24.3 Å². The molecule has 0 saturated carbocycles. The predicted octanol–water partition coefficient (Wildman–Crippen LogP) is 5.88. The fraction of sp³-hybridized carbons (Fsp3) is 0.450. The second-order valence-corrected chi connectivity index (χ2v) is 8.35. The molecule has 1 fully saturated rings. The average molecular weight is 409 g/mol. The van der Waals surface area contributed by atoms with Crippen LogP contribution < -0.4 is 14.8 Å². The fourth-order valence-electron chi connectivity index (χ4n) is 3.42. The number of halogens is 1. The first-order valence-electron chi connectivity index (χ1n) is 9.09. The molecule has 2 heterocycles. The Morgan fingerprint density at radius 3 is 2.63 bits per heavy atom. The highest BCUT2D eigenvalue weighted by Gasteiger charge is 2.28. The maximum absolute atomic E-state index is 13.1. The second-order valence-electron chi connectivity index (χ2n) is 6.62. The minimum atomic E-state index is -0.132. The van der Waals surface area contributed by atoms with Crippen LogP contribution in [-0.2, 0) is 0 Å². The lowest BCUT2D eigenvalue weighted by molar-refractivity contribution is 0.190. The zero-order valence-corrected chi connectivity index (χ0v) is 17.5. The van der Waals surface area contributed by atoms with Crippen LogP contribution in [0.3, 0.4) is 0 Å². The van der Waals surface area contributed by atoms with Gasteiger partial charge >= 0.3 is 6.03 Å². The summed E-state index contributed by atoms with van der Waals surface area (Å²) < 4.78 is 10.6. The number of ether oxygens (including phenoxy) is 2. The molecule has 0 spiro atoms. The van der Waals surface area contributed by atoms with Crippen LogP contribution in [0, 0.1) is 6.92 Å². The smallest absolute Gasteiger partial charge is 0.322 e. The second kappa shape index (κ2) is 8.85. The maximum atomic E-state index is 13.1. The number of carbonyl (C=O) groups excluding carboxylic acids is 1. The highest BCUT2D eigenvalue weighted by Crippen LogP contribution is 2.38. The van der Waals surface area contributed by atoms with E-state index in [2.05, 4.69) is 24.4 Å². The highest BCUT2D eigenvalue weighted by atomic mass is 35.5. The number of nitrogens with zero attached hydrogens (tertiary/aromatic N) is 1. The summed E-state index contributed by atoms with van der Waals surface area (Å²) >= 11 is 8.00. The number of aryl methyl sites for hydroxylation is 1. The third kappa shape index (κ3) is 4.50. The number of nitrogens with one attached hydrogen (secondary N) is 1. The zero-order chi connectivity index (χ0) is 19.4. The monoisotopic (exact) mass is 408 g/mol. The van der Waals surface area contributed by atoms with Crippen molar-refractivity contribution < 1.29 is 14.3 Å². The Morgan fingerprint density at radius 1 is 1.19 bits per heavy atom. The lowest BCUT2D eigenvalue weighted by atomic mass is 10.1. The molecule has 3 rings (SSSR count). The van der Waals surface area contributed by atoms with Gasteiger partial charge in [-0.25, -0.2) is 4.79 Å². The minimum absolute atomic E-state index is 0.103. The number of likely N-dealkylation sites (tertiary alicyclic amines) is 1. The largest absolute Gasteiger partial charge is 0.495 e. The van der Waals surface area contributed by atoms with E-state index in [-0.39, 0.29) is 12.1 Å². The lowest BCUT2D eigenvalue weighted by Gasteiger charge is -2.30. The van der Waals surface area contributed by atoms with E-state index >= 15 is 0 Å². The molecule has 1 aliphatic heterocycles. The van der Waals surface area contributed by atoms with Crippen LogP contribution in [0.1, 0.15) is 41.5 Å². The summed E-state index contributed by atoms with van der Waals surface area (Å²) in [4.78, 5) is 17.6. The van der Waals surface area contributed by atoms with Gasteiger partial charge in [-0.2, -0.15) is 0 Å². The summed E-state index contributed by atoms with van der Waals surface area (Å²) in [6.07, 6.45) is 4.26. The molecule has 1 aromatic heterocycles. The van der Waals surface area contributed by atoms with Gasteiger partial charge in [0, 0.05) is 22.4 Å². The topological polar surface area (TPSA) is 50.8 Å². The molecule has 1 saturated heterocycles. The summed E-state index contributed by atoms with van der Waals surface area (Å²) in [6.45, 7) is 2.83. The first-order chi connectivity index (χ1) is 13.0. The summed E-state index contributed by atoms with van der Waals surface area (Å²) in [5, 5.41) is 3.41. The van der Waals surface area contributed by atoms with E-state index in [0.717, 1.165) is 32.2 Å². The predicted molar refractivity (Wildman–Crippen MR) is 111 cm³/mol. The number of rotatable bonds is 4. The number of methoxy groups -OCH3 is 2. The summed E-state index contributed by atoms with van der Waals surface area (Å²) in [5.74, 6) is 1.02. The maximum Gasteiger partial charge on any atom is 0.322 e. The van der Waals surface area contributed by atoms with Crippen molar-refractivity contribution in [1.82, 2.24) is 4.90 Å². The van der Waals surface area contributed by atoms with Crippen molar-refractivity contribution in [3.63, 3.8) is 0 Å². The van der Waals surface area contributed by atoms with Crippen molar-refractivity contribution in [1.29, 1.82) is 0 Å². The third-order valence-corrected chi connectivity index (χ3v) is 6.22. The van der Waals surface area contributed by atoms with E-state index in [4.69, 9.17) is 21.1 Å². The molecule has 1 aromatic carbocycles. The zero-order valence-electron chi connectivity index (χ0n) is 15.9. The summed E-state index contributed by atoms with van der Waals surface area (Å²) in [7, 11) is 3.10. The van der Waals surface area contributed by atoms with Crippen LogP contribution in [0.5, 0.6) is 11.5 Å². The Labute approximate surface area is 169 Å². The van der Waals surface area contributed by atoms with Crippen molar-refractivity contribution in [3.8, 4) is 11.5 Å². The summed E-state index contributed by atoms with van der Waals surface area (Å²) in [5.41, 5.74) is 0.540. The molecule has 1 atom stereocenters. The SMILES string of the molecule is COc1cc(OC)c(NC(=O)N2CCCCC[C@H]2c2ccc(C)s2)cc1Cl. The van der Waals surface area contributed by atoms with Gasteiger partial charge in [-0.05, 0) is 38.0 Å². The number of hydrogen-bond donors (Lipinski definition) is 1. The Bertz CT molecular complexity index is 809. The van der Waals surface area contributed by atoms with Crippen LogP contribution in [0.25, 0.3) is 0 Å².